The highest BCUT2D eigenvalue weighted by Gasteiger charge is 2.51. The van der Waals surface area contributed by atoms with E-state index in [4.69, 9.17) is 19.5 Å². The Balaban J connectivity index is 0.960. The minimum absolute atomic E-state index is 0.0266. The summed E-state index contributed by atoms with van der Waals surface area (Å²) in [6.45, 7) is 3.90. The van der Waals surface area contributed by atoms with Gasteiger partial charge in [-0.05, 0) is 76.3 Å². The molecule has 0 radical (unpaired) electrons. The van der Waals surface area contributed by atoms with Crippen molar-refractivity contribution < 1.29 is 90.4 Å². The molecule has 0 spiro atoms. The lowest BCUT2D eigenvalue weighted by Crippen LogP contribution is -2.46. The molecule has 5 rings (SSSR count). The van der Waals surface area contributed by atoms with Crippen LogP contribution in [-0.2, 0) is 68.3 Å². The monoisotopic (exact) mass is 1110 g/mol. The Hall–Kier alpha value is -4.10. The highest BCUT2D eigenvalue weighted by atomic mass is 31.3. The molecule has 1 aliphatic carbocycles. The number of nitrogens with zero attached hydrogens (tertiary/aromatic N) is 4. The number of phosphoric ester groups is 3. The van der Waals surface area contributed by atoms with Gasteiger partial charge in [0.25, 0.3) is 0 Å². The molecule has 1 aliphatic heterocycles. The van der Waals surface area contributed by atoms with E-state index in [-0.39, 0.29) is 54.1 Å². The van der Waals surface area contributed by atoms with Crippen molar-refractivity contribution in [1.29, 1.82) is 0 Å². The summed E-state index contributed by atoms with van der Waals surface area (Å²) >= 11 is 0. The van der Waals surface area contributed by atoms with Crippen molar-refractivity contribution in [2.75, 3.05) is 32.0 Å². The molecular weight excluding hydrogens is 1040 g/mol. The van der Waals surface area contributed by atoms with Crippen molar-refractivity contribution in [2.45, 2.75) is 148 Å². The molecule has 7 unspecified atom stereocenters. The zero-order valence-electron chi connectivity index (χ0n) is 41.8. The Morgan fingerprint density at radius 1 is 0.892 bits per heavy atom. The predicted octanol–water partition coefficient (Wildman–Crippen LogP) is 4.16. The highest BCUT2D eigenvalue weighted by molar-refractivity contribution is 7.61. The Bertz CT molecular complexity index is 2570. The molecule has 1 saturated carbocycles. The Kier molecular flexibility index (Phi) is 21.2. The Labute approximate surface area is 428 Å². The van der Waals surface area contributed by atoms with Gasteiger partial charge in [-0.1, -0.05) is 63.8 Å². The number of hydrogen-bond donors (Lipinski definition) is 10. The number of aryl methyl sites for hydroxylation is 2. The Morgan fingerprint density at radius 2 is 1.53 bits per heavy atom. The standard InChI is InChI=1S/C45H70N7O19P3/c1-43(2,42(58)59)18-9-6-5-7-12-29-14-11-15-30(24-29)13-8-10-19-45(20-21-45)32(53)16-22-47-33(54)17-23-48-40(57)37(56)44(3,4)26-68-74(65,66)71-73(63,64)67-25-31-36(70-72(60,61)62)35(55)41(69-31)52-28-51-34-38(46)49-27-50-39(34)52/h11,14-15,24,27-28,31,35-37,41,55-56H,5-10,12-13,16-23,25-26H2,1-4H3,(H,47,54)(H,48,57)(H,58,59)(H,63,64)(H,65,66)(H2,46,49,50)(H2,60,61,62). The third-order valence-corrected chi connectivity index (χ3v) is 16.3. The number of ketones is 1. The maximum Gasteiger partial charge on any atom is 0.481 e. The molecule has 29 heteroatoms. The molecule has 1 saturated heterocycles. The van der Waals surface area contributed by atoms with E-state index in [2.05, 4.69) is 58.7 Å². The molecule has 74 heavy (non-hydrogen) atoms. The average molecular weight is 1110 g/mol. The number of aromatic nitrogens is 4. The first-order valence-electron chi connectivity index (χ1n) is 24.3. The van der Waals surface area contributed by atoms with Gasteiger partial charge in [-0.25, -0.2) is 28.6 Å². The number of benzene rings is 1. The molecule has 3 aromatic rings. The van der Waals surface area contributed by atoms with Crippen molar-refractivity contribution >= 4 is 64.0 Å². The van der Waals surface area contributed by atoms with Gasteiger partial charge in [-0.3, -0.25) is 37.3 Å². The van der Waals surface area contributed by atoms with Gasteiger partial charge < -0.3 is 56.0 Å². The number of fused-ring (bicyclic) bond motifs is 1. The van der Waals surface area contributed by atoms with Crippen molar-refractivity contribution in [3.63, 3.8) is 0 Å². The Morgan fingerprint density at radius 3 is 2.18 bits per heavy atom. The van der Waals surface area contributed by atoms with Crippen LogP contribution in [0.25, 0.3) is 11.2 Å². The number of phosphoric acid groups is 3. The zero-order valence-corrected chi connectivity index (χ0v) is 44.5. The van der Waals surface area contributed by atoms with Gasteiger partial charge in [0.2, 0.25) is 11.8 Å². The average Bonchev–Trinajstić information content (AvgIpc) is 3.89. The summed E-state index contributed by atoms with van der Waals surface area (Å²) in [4.78, 5) is 101. The number of carboxylic acids is 1. The lowest BCUT2D eigenvalue weighted by atomic mass is 9.87. The molecule has 2 fully saturated rings. The van der Waals surface area contributed by atoms with Gasteiger partial charge in [0.1, 0.15) is 42.0 Å². The number of unbranched alkanes of at least 4 members (excludes halogenated alkanes) is 4. The minimum Gasteiger partial charge on any atom is -0.481 e. The van der Waals surface area contributed by atoms with Gasteiger partial charge in [-0.15, -0.1) is 0 Å². The van der Waals surface area contributed by atoms with Crippen LogP contribution >= 0.6 is 23.5 Å². The topological polar surface area (TPSA) is 401 Å². The number of imidazole rings is 1. The van der Waals surface area contributed by atoms with E-state index in [1.54, 1.807) is 13.8 Å². The van der Waals surface area contributed by atoms with E-state index >= 15 is 0 Å². The number of carboxylic acid groups (broad SMARTS) is 1. The fourth-order valence-electron chi connectivity index (χ4n) is 8.43. The smallest absolute Gasteiger partial charge is 0.481 e. The number of Topliss-reactive ketones (excluding diaryl/α,β-unsaturated/α-hetero) is 1. The van der Waals surface area contributed by atoms with Crippen LogP contribution in [0, 0.1) is 16.2 Å². The van der Waals surface area contributed by atoms with Gasteiger partial charge in [0.15, 0.2) is 17.7 Å². The van der Waals surface area contributed by atoms with Crippen LogP contribution in [0.4, 0.5) is 5.82 Å². The van der Waals surface area contributed by atoms with E-state index in [0.29, 0.717) is 6.42 Å². The molecule has 414 valence electrons. The first-order valence-corrected chi connectivity index (χ1v) is 28.8. The summed E-state index contributed by atoms with van der Waals surface area (Å²) < 4.78 is 62.7. The quantitative estimate of drug-likeness (QED) is 0.0302. The molecule has 2 aliphatic rings. The summed E-state index contributed by atoms with van der Waals surface area (Å²) in [5, 5.41) is 36.0. The molecule has 2 amide bonds. The minimum atomic E-state index is -5.60. The van der Waals surface area contributed by atoms with Crippen molar-refractivity contribution in [3.05, 3.63) is 48.0 Å². The highest BCUT2D eigenvalue weighted by Crippen LogP contribution is 2.61. The van der Waals surface area contributed by atoms with Crippen LogP contribution in [-0.4, -0.2) is 129 Å². The number of anilines is 1. The van der Waals surface area contributed by atoms with E-state index in [9.17, 15) is 67.8 Å². The van der Waals surface area contributed by atoms with E-state index < -0.39 is 95.9 Å². The molecule has 3 heterocycles. The fraction of sp³-hybridized carbons (Fsp3) is 0.667. The molecule has 0 bridgehead atoms. The summed E-state index contributed by atoms with van der Waals surface area (Å²) in [7, 11) is -16.5. The van der Waals surface area contributed by atoms with Crippen LogP contribution < -0.4 is 16.4 Å². The summed E-state index contributed by atoms with van der Waals surface area (Å²) in [5.74, 6) is -2.15. The van der Waals surface area contributed by atoms with E-state index in [1.165, 1.54) is 25.0 Å². The molecule has 26 nitrogen and oxygen atoms in total. The number of carbonyl (C=O) groups is 4. The number of nitrogens with one attached hydrogen (secondary N) is 2. The zero-order chi connectivity index (χ0) is 54.7. The first kappa shape index (κ1) is 60.8. The van der Waals surface area contributed by atoms with Crippen LogP contribution in [0.1, 0.15) is 122 Å². The van der Waals surface area contributed by atoms with Crippen LogP contribution in [0.3, 0.4) is 0 Å². The van der Waals surface area contributed by atoms with Gasteiger partial charge in [-0.2, -0.15) is 4.31 Å². The third-order valence-electron chi connectivity index (χ3n) is 13.2. The van der Waals surface area contributed by atoms with Crippen LogP contribution in [0.5, 0.6) is 0 Å². The fourth-order valence-corrected chi connectivity index (χ4v) is 11.3. The number of nitrogen functional groups attached to an aromatic ring is 1. The van der Waals surface area contributed by atoms with Gasteiger partial charge in [0, 0.05) is 36.8 Å². The number of amides is 2. The number of nitrogens with two attached hydrogens (primary N) is 1. The lowest BCUT2D eigenvalue weighted by molar-refractivity contribution is -0.147. The van der Waals surface area contributed by atoms with Gasteiger partial charge >= 0.3 is 29.4 Å². The summed E-state index contributed by atoms with van der Waals surface area (Å²) in [5.41, 5.74) is 5.74. The van der Waals surface area contributed by atoms with E-state index in [1.807, 2.05) is 0 Å². The second kappa shape index (κ2) is 25.8. The molecule has 1 aromatic carbocycles. The molecule has 2 aromatic heterocycles. The number of rotatable bonds is 33. The second-order valence-electron chi connectivity index (χ2n) is 20.2. The SMILES string of the molecule is CC(C)(CCCCCCc1cccc(CCCCC2(C(=O)CCNC(=O)CCNC(=O)C(O)C(C)(C)COP(=O)(O)OP(=O)(O)OCC3OC(n4cnc5c(N)ncnc54)C(O)C3OP(=O)(O)O)CC2)c1)C(=O)O. The number of ether oxygens (including phenoxy) is 1. The van der Waals surface area contributed by atoms with Crippen molar-refractivity contribution in [2.24, 2.45) is 16.2 Å². The second-order valence-corrected chi connectivity index (χ2v) is 24.4. The number of carbonyl (C=O) groups excluding carboxylic acids is 3. The molecule has 11 N–H and O–H groups in total. The van der Waals surface area contributed by atoms with E-state index in [0.717, 1.165) is 87.9 Å². The third kappa shape index (κ3) is 18.0. The number of aliphatic carboxylic acids is 1. The number of aliphatic hydroxyl groups is 2. The predicted molar refractivity (Wildman–Crippen MR) is 263 cm³/mol. The molecule has 7 atom stereocenters. The summed E-state index contributed by atoms with van der Waals surface area (Å²) in [6.07, 6.45) is 3.94. The lowest BCUT2D eigenvalue weighted by Gasteiger charge is -2.30. The van der Waals surface area contributed by atoms with Crippen LogP contribution in [0.15, 0.2) is 36.9 Å². The number of aliphatic hydroxyl groups excluding tert-OH is 2. The largest absolute Gasteiger partial charge is 0.481 e. The maximum atomic E-state index is 13.1. The van der Waals surface area contributed by atoms with Crippen molar-refractivity contribution in [1.82, 2.24) is 30.2 Å². The normalized spacial score (nSPS) is 20.9. The summed E-state index contributed by atoms with van der Waals surface area (Å²) in [6, 6.07) is 8.56. The first-order chi connectivity index (χ1) is 34.5. The maximum absolute atomic E-state index is 13.1. The van der Waals surface area contributed by atoms with Gasteiger partial charge in [0.05, 0.1) is 25.0 Å². The van der Waals surface area contributed by atoms with Crippen LogP contribution in [0.2, 0.25) is 0 Å². The molecular formula is C45H70N7O19P3. The van der Waals surface area contributed by atoms with Crippen molar-refractivity contribution in [3.8, 4) is 0 Å². The number of hydrogen-bond acceptors (Lipinski definition) is 18.